The van der Waals surface area contributed by atoms with Gasteiger partial charge < -0.3 is 14.8 Å². The number of carbonyl (C=O) groups is 1. The molecular weight excluding hydrogens is 286 g/mol. The Bertz CT molecular complexity index is 482. The molecule has 0 unspecified atom stereocenters. The molecule has 0 radical (unpaired) electrons. The minimum atomic E-state index is 0.217. The first-order chi connectivity index (χ1) is 10.3. The second-order valence-electron chi connectivity index (χ2n) is 5.63. The van der Waals surface area contributed by atoms with E-state index >= 15 is 0 Å². The summed E-state index contributed by atoms with van der Waals surface area (Å²) in [6.07, 6.45) is 5.69. The van der Waals surface area contributed by atoms with Crippen LogP contribution in [0.25, 0.3) is 0 Å². The zero-order chi connectivity index (χ0) is 14.5. The van der Waals surface area contributed by atoms with Crippen LogP contribution in [-0.4, -0.2) is 57.5 Å². The molecule has 0 atom stereocenters. The fourth-order valence-corrected chi connectivity index (χ4v) is 3.76. The van der Waals surface area contributed by atoms with Gasteiger partial charge in [0.2, 0.25) is 5.91 Å². The van der Waals surface area contributed by atoms with E-state index in [1.165, 1.54) is 31.0 Å². The number of amides is 1. The van der Waals surface area contributed by atoms with E-state index in [1.54, 1.807) is 0 Å². The topological polar surface area (TPSA) is 63.1 Å². The van der Waals surface area contributed by atoms with Gasteiger partial charge in [-0.05, 0) is 25.8 Å². The van der Waals surface area contributed by atoms with Gasteiger partial charge in [-0.1, -0.05) is 18.2 Å². The van der Waals surface area contributed by atoms with Crippen LogP contribution in [0.4, 0.5) is 0 Å². The molecule has 0 aliphatic carbocycles. The highest BCUT2D eigenvalue weighted by atomic mass is 32.2. The Morgan fingerprint density at radius 2 is 2.05 bits per heavy atom. The standard InChI is InChI=1S/C14H23N5OS/c20-13(18-8-4-6-15-7-10-18)11-21-14-17-16-12-5-2-1-3-9-19(12)14/h15H,1-11H2. The van der Waals surface area contributed by atoms with Gasteiger partial charge in [-0.15, -0.1) is 10.2 Å². The lowest BCUT2D eigenvalue weighted by Crippen LogP contribution is -2.35. The summed E-state index contributed by atoms with van der Waals surface area (Å²) < 4.78 is 2.20. The van der Waals surface area contributed by atoms with Crippen LogP contribution in [0.3, 0.4) is 0 Å². The molecule has 1 N–H and O–H groups in total. The predicted molar refractivity (Wildman–Crippen MR) is 82.4 cm³/mol. The summed E-state index contributed by atoms with van der Waals surface area (Å²) in [7, 11) is 0. The highest BCUT2D eigenvalue weighted by Crippen LogP contribution is 2.22. The molecule has 0 spiro atoms. The lowest BCUT2D eigenvalue weighted by atomic mass is 10.2. The molecule has 116 valence electrons. The Morgan fingerprint density at radius 1 is 1.10 bits per heavy atom. The molecule has 1 saturated heterocycles. The maximum Gasteiger partial charge on any atom is 0.233 e. The van der Waals surface area contributed by atoms with Crippen molar-refractivity contribution in [3.8, 4) is 0 Å². The quantitative estimate of drug-likeness (QED) is 0.841. The summed E-state index contributed by atoms with van der Waals surface area (Å²) >= 11 is 1.54. The second kappa shape index (κ2) is 7.26. The molecular formula is C14H23N5OS. The van der Waals surface area contributed by atoms with Gasteiger partial charge in [0.1, 0.15) is 5.82 Å². The average Bonchev–Trinajstić information content (AvgIpc) is 2.72. The predicted octanol–water partition coefficient (Wildman–Crippen LogP) is 0.918. The highest BCUT2D eigenvalue weighted by Gasteiger charge is 2.19. The van der Waals surface area contributed by atoms with Crippen LogP contribution in [0.5, 0.6) is 0 Å². The van der Waals surface area contributed by atoms with Crippen molar-refractivity contribution in [3.63, 3.8) is 0 Å². The highest BCUT2D eigenvalue weighted by molar-refractivity contribution is 7.99. The summed E-state index contributed by atoms with van der Waals surface area (Å²) in [5.41, 5.74) is 0. The number of aryl methyl sites for hydroxylation is 1. The van der Waals surface area contributed by atoms with E-state index in [4.69, 9.17) is 0 Å². The third-order valence-electron chi connectivity index (χ3n) is 4.09. The maximum atomic E-state index is 12.3. The maximum absolute atomic E-state index is 12.3. The average molecular weight is 309 g/mol. The number of nitrogens with zero attached hydrogens (tertiary/aromatic N) is 4. The molecule has 7 heteroatoms. The van der Waals surface area contributed by atoms with Crippen molar-refractivity contribution in [3.05, 3.63) is 5.82 Å². The summed E-state index contributed by atoms with van der Waals surface area (Å²) in [6.45, 7) is 4.58. The normalized spacial score (nSPS) is 19.7. The van der Waals surface area contributed by atoms with Crippen LogP contribution in [0, 0.1) is 0 Å². The van der Waals surface area contributed by atoms with Crippen LogP contribution in [0.1, 0.15) is 31.5 Å². The number of aromatic nitrogens is 3. The molecule has 1 aromatic rings. The lowest BCUT2D eigenvalue weighted by Gasteiger charge is -2.19. The van der Waals surface area contributed by atoms with Crippen molar-refractivity contribution in [2.75, 3.05) is 31.9 Å². The second-order valence-corrected chi connectivity index (χ2v) is 6.58. The Morgan fingerprint density at radius 3 is 3.00 bits per heavy atom. The molecule has 6 nitrogen and oxygen atoms in total. The van der Waals surface area contributed by atoms with Crippen molar-refractivity contribution in [2.24, 2.45) is 0 Å². The molecule has 1 fully saturated rings. The number of hydrogen-bond acceptors (Lipinski definition) is 5. The van der Waals surface area contributed by atoms with Crippen LogP contribution in [-0.2, 0) is 17.8 Å². The van der Waals surface area contributed by atoms with E-state index in [9.17, 15) is 4.79 Å². The molecule has 3 heterocycles. The van der Waals surface area contributed by atoms with Crippen molar-refractivity contribution in [1.82, 2.24) is 25.0 Å². The number of rotatable bonds is 3. The smallest absolute Gasteiger partial charge is 0.233 e. The lowest BCUT2D eigenvalue weighted by molar-refractivity contribution is -0.128. The number of hydrogen-bond donors (Lipinski definition) is 1. The van der Waals surface area contributed by atoms with Crippen molar-refractivity contribution >= 4 is 17.7 Å². The van der Waals surface area contributed by atoms with Crippen molar-refractivity contribution in [2.45, 2.75) is 43.8 Å². The molecule has 0 aromatic carbocycles. The third kappa shape index (κ3) is 3.77. The van der Waals surface area contributed by atoms with Gasteiger partial charge in [0.05, 0.1) is 5.75 Å². The van der Waals surface area contributed by atoms with E-state index in [1.807, 2.05) is 4.90 Å². The first-order valence-corrected chi connectivity index (χ1v) is 8.86. The number of thioether (sulfide) groups is 1. The van der Waals surface area contributed by atoms with Crippen LogP contribution in [0.2, 0.25) is 0 Å². The van der Waals surface area contributed by atoms with Gasteiger partial charge in [-0.2, -0.15) is 0 Å². The van der Waals surface area contributed by atoms with Gasteiger partial charge in [-0.25, -0.2) is 0 Å². The van der Waals surface area contributed by atoms with Crippen molar-refractivity contribution < 1.29 is 4.79 Å². The van der Waals surface area contributed by atoms with Crippen LogP contribution >= 0.6 is 11.8 Å². The largest absolute Gasteiger partial charge is 0.341 e. The van der Waals surface area contributed by atoms with Gasteiger partial charge in [0.25, 0.3) is 0 Å². The zero-order valence-electron chi connectivity index (χ0n) is 12.4. The first kappa shape index (κ1) is 14.8. The fourth-order valence-electron chi connectivity index (χ4n) is 2.88. The summed E-state index contributed by atoms with van der Waals surface area (Å²) in [5.74, 6) is 1.77. The van der Waals surface area contributed by atoms with E-state index in [0.29, 0.717) is 5.75 Å². The Hall–Kier alpha value is -1.08. The molecule has 0 saturated carbocycles. The zero-order valence-corrected chi connectivity index (χ0v) is 13.2. The molecule has 2 aliphatic heterocycles. The molecule has 1 amide bonds. The minimum Gasteiger partial charge on any atom is -0.341 e. The SMILES string of the molecule is O=C(CSc1nnc2n1CCCCC2)N1CCCNCC1. The van der Waals surface area contributed by atoms with E-state index in [-0.39, 0.29) is 5.91 Å². The summed E-state index contributed by atoms with van der Waals surface area (Å²) in [5, 5.41) is 12.8. The molecule has 2 aliphatic rings. The first-order valence-electron chi connectivity index (χ1n) is 7.88. The Balaban J connectivity index is 1.57. The van der Waals surface area contributed by atoms with Gasteiger partial charge in [0, 0.05) is 32.6 Å². The number of carbonyl (C=O) groups excluding carboxylic acids is 1. The molecule has 1 aromatic heterocycles. The minimum absolute atomic E-state index is 0.217. The van der Waals surface area contributed by atoms with E-state index in [2.05, 4.69) is 20.1 Å². The van der Waals surface area contributed by atoms with E-state index in [0.717, 1.165) is 56.5 Å². The number of nitrogens with one attached hydrogen (secondary N) is 1. The number of fused-ring (bicyclic) bond motifs is 1. The third-order valence-corrected chi connectivity index (χ3v) is 5.04. The van der Waals surface area contributed by atoms with E-state index < -0.39 is 0 Å². The fraction of sp³-hybridized carbons (Fsp3) is 0.786. The van der Waals surface area contributed by atoms with Gasteiger partial charge in [-0.3, -0.25) is 4.79 Å². The molecule has 3 rings (SSSR count). The Kier molecular flexibility index (Phi) is 5.13. The summed E-state index contributed by atoms with van der Waals surface area (Å²) in [6, 6.07) is 0. The van der Waals surface area contributed by atoms with Crippen LogP contribution in [0.15, 0.2) is 5.16 Å². The molecule has 0 bridgehead atoms. The molecule has 21 heavy (non-hydrogen) atoms. The van der Waals surface area contributed by atoms with Gasteiger partial charge in [0.15, 0.2) is 5.16 Å². The Labute approximate surface area is 129 Å². The van der Waals surface area contributed by atoms with Crippen LogP contribution < -0.4 is 5.32 Å². The van der Waals surface area contributed by atoms with Gasteiger partial charge >= 0.3 is 0 Å². The summed E-state index contributed by atoms with van der Waals surface area (Å²) in [4.78, 5) is 14.3. The monoisotopic (exact) mass is 309 g/mol. The van der Waals surface area contributed by atoms with Crippen molar-refractivity contribution in [1.29, 1.82) is 0 Å².